The molecule has 2 fully saturated rings. The standard InChI is InChI=1S/C10H13Cl2NO3/c11-10(12)3-7(10)9(16)13(5-8(14)15)4-6-1-2-6/h6-7H,1-5H2,(H,14,15). The van der Waals surface area contributed by atoms with E-state index in [1.54, 1.807) is 0 Å². The van der Waals surface area contributed by atoms with Crippen LogP contribution >= 0.6 is 23.2 Å². The van der Waals surface area contributed by atoms with Crippen molar-refractivity contribution < 1.29 is 14.7 Å². The van der Waals surface area contributed by atoms with Gasteiger partial charge in [0.2, 0.25) is 5.91 Å². The molecule has 1 amide bonds. The van der Waals surface area contributed by atoms with Crippen LogP contribution in [0.4, 0.5) is 0 Å². The van der Waals surface area contributed by atoms with E-state index in [1.807, 2.05) is 0 Å². The lowest BCUT2D eigenvalue weighted by Gasteiger charge is -2.20. The largest absolute Gasteiger partial charge is 0.480 e. The Kier molecular flexibility index (Phi) is 3.05. The van der Waals surface area contributed by atoms with Crippen LogP contribution in [0, 0.1) is 11.8 Å². The minimum atomic E-state index is -0.996. The molecule has 0 saturated heterocycles. The zero-order valence-corrected chi connectivity index (χ0v) is 10.2. The van der Waals surface area contributed by atoms with Gasteiger partial charge in [-0.3, -0.25) is 9.59 Å². The zero-order valence-electron chi connectivity index (χ0n) is 8.66. The molecule has 1 unspecified atom stereocenters. The topological polar surface area (TPSA) is 57.6 Å². The van der Waals surface area contributed by atoms with Crippen molar-refractivity contribution >= 4 is 35.1 Å². The van der Waals surface area contributed by atoms with Crippen LogP contribution in [0.25, 0.3) is 0 Å². The van der Waals surface area contributed by atoms with Crippen molar-refractivity contribution in [2.45, 2.75) is 23.6 Å². The second-order valence-corrected chi connectivity index (χ2v) is 6.12. The zero-order chi connectivity index (χ0) is 11.9. The molecule has 0 aliphatic heterocycles. The summed E-state index contributed by atoms with van der Waals surface area (Å²) < 4.78 is -0.975. The molecule has 0 bridgehead atoms. The van der Waals surface area contributed by atoms with E-state index < -0.39 is 16.2 Å². The van der Waals surface area contributed by atoms with E-state index in [4.69, 9.17) is 28.3 Å². The molecule has 0 aromatic rings. The Morgan fingerprint density at radius 1 is 1.38 bits per heavy atom. The second kappa shape index (κ2) is 4.08. The lowest BCUT2D eigenvalue weighted by molar-refractivity contribution is -0.145. The molecular formula is C10H13Cl2NO3. The van der Waals surface area contributed by atoms with Gasteiger partial charge in [0.25, 0.3) is 0 Å². The first-order valence-corrected chi connectivity index (χ1v) is 6.04. The minimum Gasteiger partial charge on any atom is -0.480 e. The van der Waals surface area contributed by atoms with E-state index in [0.717, 1.165) is 12.8 Å². The van der Waals surface area contributed by atoms with Crippen molar-refractivity contribution in [3.05, 3.63) is 0 Å². The van der Waals surface area contributed by atoms with Crippen LogP contribution in [0.5, 0.6) is 0 Å². The van der Waals surface area contributed by atoms with Gasteiger partial charge in [-0.15, -0.1) is 23.2 Å². The highest BCUT2D eigenvalue weighted by Gasteiger charge is 2.57. The number of hydrogen-bond acceptors (Lipinski definition) is 2. The monoisotopic (exact) mass is 265 g/mol. The molecule has 6 heteroatoms. The number of carbonyl (C=O) groups is 2. The summed E-state index contributed by atoms with van der Waals surface area (Å²) in [6.07, 6.45) is 2.57. The highest BCUT2D eigenvalue weighted by Crippen LogP contribution is 2.54. The molecule has 2 aliphatic carbocycles. The van der Waals surface area contributed by atoms with Gasteiger partial charge >= 0.3 is 5.97 Å². The third-order valence-electron chi connectivity index (χ3n) is 2.94. The molecule has 1 N–H and O–H groups in total. The van der Waals surface area contributed by atoms with Crippen molar-refractivity contribution in [1.82, 2.24) is 4.90 Å². The SMILES string of the molecule is O=C(O)CN(CC1CC1)C(=O)C1CC1(Cl)Cl. The molecule has 4 nitrogen and oxygen atoms in total. The van der Waals surface area contributed by atoms with E-state index in [0.29, 0.717) is 18.9 Å². The maximum absolute atomic E-state index is 11.9. The normalized spacial score (nSPS) is 26.2. The fraction of sp³-hybridized carbons (Fsp3) is 0.800. The lowest BCUT2D eigenvalue weighted by Crippen LogP contribution is -2.39. The number of hydrogen-bond donors (Lipinski definition) is 1. The van der Waals surface area contributed by atoms with Gasteiger partial charge in [-0.25, -0.2) is 0 Å². The summed E-state index contributed by atoms with van der Waals surface area (Å²) in [7, 11) is 0. The fourth-order valence-corrected chi connectivity index (χ4v) is 2.20. The van der Waals surface area contributed by atoms with Crippen LogP contribution in [0.3, 0.4) is 0 Å². The predicted molar refractivity (Wildman–Crippen MR) is 59.5 cm³/mol. The molecule has 2 aliphatic rings. The number of amides is 1. The first kappa shape index (κ1) is 12.0. The van der Waals surface area contributed by atoms with Crippen molar-refractivity contribution in [2.24, 2.45) is 11.8 Å². The maximum atomic E-state index is 11.9. The molecule has 0 spiro atoms. The van der Waals surface area contributed by atoms with E-state index >= 15 is 0 Å². The Labute approximate surface area is 103 Å². The van der Waals surface area contributed by atoms with Gasteiger partial charge in [0.05, 0.1) is 5.92 Å². The minimum absolute atomic E-state index is 0.223. The molecule has 0 aromatic carbocycles. The third kappa shape index (κ3) is 2.80. The highest BCUT2D eigenvalue weighted by atomic mass is 35.5. The van der Waals surface area contributed by atoms with Crippen LogP contribution in [0.15, 0.2) is 0 Å². The molecule has 0 radical (unpaired) electrons. The molecule has 16 heavy (non-hydrogen) atoms. The van der Waals surface area contributed by atoms with Gasteiger partial charge in [-0.05, 0) is 25.2 Å². The summed E-state index contributed by atoms with van der Waals surface area (Å²) in [5.74, 6) is -1.18. The molecule has 0 aromatic heterocycles. The van der Waals surface area contributed by atoms with Gasteiger partial charge in [0.15, 0.2) is 0 Å². The summed E-state index contributed by atoms with van der Waals surface area (Å²) in [6.45, 7) is 0.265. The van der Waals surface area contributed by atoms with Crippen molar-refractivity contribution in [3.63, 3.8) is 0 Å². The number of carbonyl (C=O) groups excluding carboxylic acids is 1. The van der Waals surface area contributed by atoms with E-state index in [1.165, 1.54) is 4.90 Å². The summed E-state index contributed by atoms with van der Waals surface area (Å²) in [6, 6.07) is 0. The summed E-state index contributed by atoms with van der Waals surface area (Å²) in [5.41, 5.74) is 0. The Morgan fingerprint density at radius 2 is 1.94 bits per heavy atom. The van der Waals surface area contributed by atoms with Gasteiger partial charge in [-0.1, -0.05) is 0 Å². The van der Waals surface area contributed by atoms with Gasteiger partial charge in [0.1, 0.15) is 10.9 Å². The average molecular weight is 266 g/mol. The first-order valence-electron chi connectivity index (χ1n) is 5.28. The molecule has 2 rings (SSSR count). The number of rotatable bonds is 5. The van der Waals surface area contributed by atoms with Gasteiger partial charge < -0.3 is 10.0 Å². The van der Waals surface area contributed by atoms with E-state index in [9.17, 15) is 9.59 Å². The van der Waals surface area contributed by atoms with Gasteiger partial charge in [-0.2, -0.15) is 0 Å². The van der Waals surface area contributed by atoms with Crippen molar-refractivity contribution in [1.29, 1.82) is 0 Å². The molecule has 1 atom stereocenters. The Morgan fingerprint density at radius 3 is 2.31 bits per heavy atom. The molecular weight excluding hydrogens is 253 g/mol. The van der Waals surface area contributed by atoms with Crippen LogP contribution in [0.1, 0.15) is 19.3 Å². The van der Waals surface area contributed by atoms with Crippen LogP contribution < -0.4 is 0 Å². The molecule has 0 heterocycles. The third-order valence-corrected chi connectivity index (χ3v) is 3.77. The van der Waals surface area contributed by atoms with Crippen molar-refractivity contribution in [3.8, 4) is 0 Å². The Bertz CT molecular complexity index is 328. The number of nitrogens with zero attached hydrogens (tertiary/aromatic N) is 1. The van der Waals surface area contributed by atoms with Crippen LogP contribution in [-0.4, -0.2) is 39.3 Å². The quantitative estimate of drug-likeness (QED) is 0.767. The Balaban J connectivity index is 1.94. The fourth-order valence-electron chi connectivity index (χ4n) is 1.71. The average Bonchev–Trinajstić information content (AvgIpc) is 3.02. The summed E-state index contributed by atoms with van der Waals surface area (Å²) in [4.78, 5) is 23.9. The van der Waals surface area contributed by atoms with Crippen molar-refractivity contribution in [2.75, 3.05) is 13.1 Å². The smallest absolute Gasteiger partial charge is 0.323 e. The second-order valence-electron chi connectivity index (χ2n) is 4.57. The van der Waals surface area contributed by atoms with E-state index in [2.05, 4.69) is 0 Å². The lowest BCUT2D eigenvalue weighted by atomic mass is 10.3. The number of carboxylic acid groups (broad SMARTS) is 1. The maximum Gasteiger partial charge on any atom is 0.323 e. The summed E-state index contributed by atoms with van der Waals surface area (Å²) >= 11 is 11.6. The Hall–Kier alpha value is -0.480. The van der Waals surface area contributed by atoms with Gasteiger partial charge in [0, 0.05) is 6.54 Å². The first-order chi connectivity index (χ1) is 7.40. The van der Waals surface area contributed by atoms with E-state index in [-0.39, 0.29) is 12.5 Å². The molecule has 90 valence electrons. The summed E-state index contributed by atoms with van der Waals surface area (Å²) in [5, 5.41) is 8.74. The van der Waals surface area contributed by atoms with Crippen LogP contribution in [-0.2, 0) is 9.59 Å². The molecule has 2 saturated carbocycles. The highest BCUT2D eigenvalue weighted by molar-refractivity contribution is 6.52. The number of carboxylic acids is 1. The van der Waals surface area contributed by atoms with Crippen LogP contribution in [0.2, 0.25) is 0 Å². The predicted octanol–water partition coefficient (Wildman–Crippen LogP) is 1.50. The number of aliphatic carboxylic acids is 1. The number of alkyl halides is 2. The number of halogens is 2.